The third kappa shape index (κ3) is 5.13. The van der Waals surface area contributed by atoms with E-state index in [1.54, 1.807) is 0 Å². The van der Waals surface area contributed by atoms with Crippen molar-refractivity contribution < 1.29 is 29.2 Å². The SMILES string of the molecule is CO[C@@H]1O[C@H]([C@H](O)CO)[C@H](OCc2ccccc2)[C@H]1OCc1ccccc1. The first kappa shape index (κ1) is 19.9. The van der Waals surface area contributed by atoms with Crippen LogP contribution in [0, 0.1) is 0 Å². The summed E-state index contributed by atoms with van der Waals surface area (Å²) < 4.78 is 23.3. The summed E-state index contributed by atoms with van der Waals surface area (Å²) in [6, 6.07) is 19.5. The van der Waals surface area contributed by atoms with Crippen LogP contribution >= 0.6 is 0 Å². The average Bonchev–Trinajstić information content (AvgIpc) is 3.09. The van der Waals surface area contributed by atoms with Gasteiger partial charge in [0.1, 0.15) is 24.4 Å². The smallest absolute Gasteiger partial charge is 0.186 e. The van der Waals surface area contributed by atoms with Gasteiger partial charge in [-0.1, -0.05) is 60.7 Å². The highest BCUT2D eigenvalue weighted by atomic mass is 16.7. The molecule has 2 aromatic rings. The van der Waals surface area contributed by atoms with Crippen molar-refractivity contribution in [2.45, 2.75) is 43.9 Å². The minimum atomic E-state index is -1.09. The molecule has 0 spiro atoms. The lowest BCUT2D eigenvalue weighted by Crippen LogP contribution is -2.43. The summed E-state index contributed by atoms with van der Waals surface area (Å²) in [6.45, 7) is 0.269. The Hall–Kier alpha value is -1.80. The standard InChI is InChI=1S/C21H26O6/c1-24-21-20(26-14-16-10-6-3-7-11-16)19(18(27-21)17(23)12-22)25-13-15-8-4-2-5-9-15/h2-11,17-23H,12-14H2,1H3/t17-,18-,19+,20-,21-/m1/s1. The first-order chi connectivity index (χ1) is 13.2. The van der Waals surface area contributed by atoms with Gasteiger partial charge in [-0.25, -0.2) is 0 Å². The highest BCUT2D eigenvalue weighted by Crippen LogP contribution is 2.30. The van der Waals surface area contributed by atoms with Crippen molar-refractivity contribution in [2.24, 2.45) is 0 Å². The molecule has 2 N–H and O–H groups in total. The third-order valence-corrected chi connectivity index (χ3v) is 4.58. The van der Waals surface area contributed by atoms with Crippen molar-refractivity contribution in [3.63, 3.8) is 0 Å². The molecule has 2 aromatic carbocycles. The second-order valence-electron chi connectivity index (χ2n) is 6.48. The normalized spacial score (nSPS) is 26.2. The monoisotopic (exact) mass is 374 g/mol. The molecule has 6 heteroatoms. The maximum absolute atomic E-state index is 10.2. The van der Waals surface area contributed by atoms with E-state index in [1.807, 2.05) is 60.7 Å². The summed E-state index contributed by atoms with van der Waals surface area (Å²) in [5.41, 5.74) is 2.01. The van der Waals surface area contributed by atoms with Gasteiger partial charge in [0.15, 0.2) is 6.29 Å². The van der Waals surface area contributed by atoms with Crippen molar-refractivity contribution in [3.05, 3.63) is 71.8 Å². The first-order valence-electron chi connectivity index (χ1n) is 9.01. The molecule has 1 fully saturated rings. The van der Waals surface area contributed by atoms with Gasteiger partial charge in [-0.05, 0) is 11.1 Å². The first-order valence-corrected chi connectivity index (χ1v) is 9.01. The Morgan fingerprint density at radius 1 is 0.889 bits per heavy atom. The van der Waals surface area contributed by atoms with Gasteiger partial charge >= 0.3 is 0 Å². The summed E-state index contributed by atoms with van der Waals surface area (Å²) in [7, 11) is 1.52. The third-order valence-electron chi connectivity index (χ3n) is 4.58. The molecular formula is C21H26O6. The predicted octanol–water partition coefficient (Wildman–Crippen LogP) is 1.88. The fraction of sp³-hybridized carbons (Fsp3) is 0.429. The molecule has 27 heavy (non-hydrogen) atoms. The molecule has 0 aromatic heterocycles. The molecule has 6 nitrogen and oxygen atoms in total. The van der Waals surface area contributed by atoms with Gasteiger partial charge in [-0.2, -0.15) is 0 Å². The van der Waals surface area contributed by atoms with Crippen LogP contribution in [-0.2, 0) is 32.2 Å². The maximum Gasteiger partial charge on any atom is 0.186 e. The van der Waals surface area contributed by atoms with Crippen LogP contribution in [0.4, 0.5) is 0 Å². The summed E-state index contributed by atoms with van der Waals surface area (Å²) in [5, 5.41) is 19.6. The van der Waals surface area contributed by atoms with Gasteiger partial charge in [0, 0.05) is 7.11 Å². The van der Waals surface area contributed by atoms with Gasteiger partial charge in [-0.15, -0.1) is 0 Å². The van der Waals surface area contributed by atoms with E-state index < -0.39 is 37.3 Å². The fourth-order valence-corrected chi connectivity index (χ4v) is 3.15. The molecule has 3 rings (SSSR count). The molecule has 146 valence electrons. The Labute approximate surface area is 159 Å². The van der Waals surface area contributed by atoms with Gasteiger partial charge < -0.3 is 29.2 Å². The Bertz CT molecular complexity index is 665. The van der Waals surface area contributed by atoms with E-state index in [0.717, 1.165) is 11.1 Å². The number of hydrogen-bond donors (Lipinski definition) is 2. The lowest BCUT2D eigenvalue weighted by Gasteiger charge is -2.26. The van der Waals surface area contributed by atoms with E-state index in [1.165, 1.54) is 7.11 Å². The molecule has 0 aliphatic carbocycles. The Balaban J connectivity index is 1.72. The fourth-order valence-electron chi connectivity index (χ4n) is 3.15. The van der Waals surface area contributed by atoms with Crippen LogP contribution in [-0.4, -0.2) is 54.6 Å². The Morgan fingerprint density at radius 3 is 1.89 bits per heavy atom. The number of aliphatic hydroxyl groups is 2. The van der Waals surface area contributed by atoms with Crippen molar-refractivity contribution in [2.75, 3.05) is 13.7 Å². The van der Waals surface area contributed by atoms with Crippen LogP contribution in [0.15, 0.2) is 60.7 Å². The molecule has 5 atom stereocenters. The maximum atomic E-state index is 10.2. The zero-order valence-corrected chi connectivity index (χ0v) is 15.3. The van der Waals surface area contributed by atoms with Crippen molar-refractivity contribution >= 4 is 0 Å². The molecule has 0 radical (unpaired) electrons. The molecule has 1 heterocycles. The molecule has 0 saturated carbocycles. The van der Waals surface area contributed by atoms with Crippen molar-refractivity contribution in [1.29, 1.82) is 0 Å². The van der Waals surface area contributed by atoms with E-state index >= 15 is 0 Å². The molecule has 0 unspecified atom stereocenters. The topological polar surface area (TPSA) is 77.4 Å². The summed E-state index contributed by atoms with van der Waals surface area (Å²) >= 11 is 0. The molecule has 1 aliphatic rings. The van der Waals surface area contributed by atoms with Gasteiger partial charge in [-0.3, -0.25) is 0 Å². The molecule has 0 bridgehead atoms. The van der Waals surface area contributed by atoms with Gasteiger partial charge in [0.25, 0.3) is 0 Å². The Morgan fingerprint density at radius 2 is 1.41 bits per heavy atom. The van der Waals surface area contributed by atoms with Crippen molar-refractivity contribution in [3.8, 4) is 0 Å². The van der Waals surface area contributed by atoms with Gasteiger partial charge in [0.05, 0.1) is 19.8 Å². The van der Waals surface area contributed by atoms with Crippen LogP contribution in [0.1, 0.15) is 11.1 Å². The van der Waals surface area contributed by atoms with E-state index in [4.69, 9.17) is 18.9 Å². The Kier molecular flexibility index (Phi) is 7.34. The number of benzene rings is 2. The molecular weight excluding hydrogens is 348 g/mol. The zero-order chi connectivity index (χ0) is 19.1. The zero-order valence-electron chi connectivity index (χ0n) is 15.3. The number of ether oxygens (including phenoxy) is 4. The minimum Gasteiger partial charge on any atom is -0.394 e. The van der Waals surface area contributed by atoms with Crippen LogP contribution in [0.25, 0.3) is 0 Å². The molecule has 1 saturated heterocycles. The van der Waals surface area contributed by atoms with E-state index in [9.17, 15) is 10.2 Å². The lowest BCUT2D eigenvalue weighted by molar-refractivity contribution is -0.177. The number of rotatable bonds is 9. The molecule has 1 aliphatic heterocycles. The van der Waals surface area contributed by atoms with Gasteiger partial charge in [0.2, 0.25) is 0 Å². The van der Waals surface area contributed by atoms with E-state index in [2.05, 4.69) is 0 Å². The average molecular weight is 374 g/mol. The largest absolute Gasteiger partial charge is 0.394 e. The van der Waals surface area contributed by atoms with Crippen LogP contribution in [0.5, 0.6) is 0 Å². The highest BCUT2D eigenvalue weighted by Gasteiger charge is 2.49. The summed E-state index contributed by atoms with van der Waals surface area (Å²) in [6.07, 6.45) is -3.65. The van der Waals surface area contributed by atoms with Crippen LogP contribution in [0.3, 0.4) is 0 Å². The second-order valence-corrected chi connectivity index (χ2v) is 6.48. The number of aliphatic hydroxyl groups excluding tert-OH is 2. The van der Waals surface area contributed by atoms with Crippen LogP contribution in [0.2, 0.25) is 0 Å². The number of hydrogen-bond acceptors (Lipinski definition) is 6. The lowest BCUT2D eigenvalue weighted by atomic mass is 10.1. The van der Waals surface area contributed by atoms with E-state index in [-0.39, 0.29) is 0 Å². The predicted molar refractivity (Wildman–Crippen MR) is 98.8 cm³/mol. The van der Waals surface area contributed by atoms with E-state index in [0.29, 0.717) is 13.2 Å². The quantitative estimate of drug-likeness (QED) is 0.698. The van der Waals surface area contributed by atoms with Crippen molar-refractivity contribution in [1.82, 2.24) is 0 Å². The summed E-state index contributed by atoms with van der Waals surface area (Å²) in [4.78, 5) is 0. The minimum absolute atomic E-state index is 0.338. The highest BCUT2D eigenvalue weighted by molar-refractivity contribution is 5.14. The second kappa shape index (κ2) is 9.94. The molecule has 0 amide bonds. The van der Waals surface area contributed by atoms with Crippen LogP contribution < -0.4 is 0 Å². The summed E-state index contributed by atoms with van der Waals surface area (Å²) in [5.74, 6) is 0. The number of methoxy groups -OCH3 is 1.